The van der Waals surface area contributed by atoms with Crippen molar-refractivity contribution in [3.05, 3.63) is 63.6 Å². The molecule has 0 fully saturated rings. The largest absolute Gasteiger partial charge is 0.496 e. The minimum atomic E-state index is -0.420. The van der Waals surface area contributed by atoms with E-state index < -0.39 is 5.97 Å². The molecule has 0 saturated heterocycles. The maximum atomic E-state index is 12.3. The highest BCUT2D eigenvalue weighted by molar-refractivity contribution is 9.10. The molecular formula is C21H23BrO3. The van der Waals surface area contributed by atoms with E-state index in [0.29, 0.717) is 11.5 Å². The molecule has 2 rings (SSSR count). The Balaban J connectivity index is 2.23. The first-order valence-corrected chi connectivity index (χ1v) is 8.84. The van der Waals surface area contributed by atoms with Crippen LogP contribution in [0.2, 0.25) is 0 Å². The third-order valence-electron chi connectivity index (χ3n) is 3.74. The molecule has 3 nitrogen and oxygen atoms in total. The van der Waals surface area contributed by atoms with E-state index in [1.54, 1.807) is 13.2 Å². The fourth-order valence-corrected chi connectivity index (χ4v) is 2.83. The zero-order chi connectivity index (χ0) is 18.6. The molecule has 0 amide bonds. The molecule has 0 saturated carbocycles. The first kappa shape index (κ1) is 19.3. The Bertz CT molecular complexity index is 801. The molecular weight excluding hydrogens is 380 g/mol. The van der Waals surface area contributed by atoms with Gasteiger partial charge in [-0.1, -0.05) is 54.4 Å². The summed E-state index contributed by atoms with van der Waals surface area (Å²) in [6.07, 6.45) is 3.10. The summed E-state index contributed by atoms with van der Waals surface area (Å²) in [5, 5.41) is 0. The molecule has 0 aliphatic carbocycles. The van der Waals surface area contributed by atoms with Gasteiger partial charge in [0.1, 0.15) is 11.5 Å². The molecule has 0 heterocycles. The van der Waals surface area contributed by atoms with Crippen LogP contribution in [0.1, 0.15) is 37.5 Å². The van der Waals surface area contributed by atoms with Gasteiger partial charge in [0.2, 0.25) is 0 Å². The Morgan fingerprint density at radius 2 is 1.76 bits per heavy atom. The molecule has 0 aromatic heterocycles. The van der Waals surface area contributed by atoms with Gasteiger partial charge >= 0.3 is 5.97 Å². The van der Waals surface area contributed by atoms with Gasteiger partial charge in [0.15, 0.2) is 0 Å². The number of ether oxygens (including phenoxy) is 2. The van der Waals surface area contributed by atoms with Crippen molar-refractivity contribution in [2.75, 3.05) is 7.11 Å². The predicted molar refractivity (Wildman–Crippen MR) is 105 cm³/mol. The summed E-state index contributed by atoms with van der Waals surface area (Å²) in [7, 11) is 1.60. The monoisotopic (exact) mass is 402 g/mol. The van der Waals surface area contributed by atoms with Crippen LogP contribution in [0.25, 0.3) is 6.08 Å². The number of rotatable bonds is 4. The number of aryl methyl sites for hydroxylation is 1. The SMILES string of the molecule is COc1ccc(Br)cc1/C=C/C(=O)Oc1ccc(C)cc1C(C)(C)C. The molecule has 0 unspecified atom stereocenters. The van der Waals surface area contributed by atoms with Crippen LogP contribution in [0.15, 0.2) is 46.9 Å². The molecule has 0 aliphatic rings. The lowest BCUT2D eigenvalue weighted by Gasteiger charge is -2.22. The Hall–Kier alpha value is -2.07. The van der Waals surface area contributed by atoms with Crippen molar-refractivity contribution in [1.82, 2.24) is 0 Å². The standard InChI is InChI=1S/C21H23BrO3/c1-14-6-9-19(17(12-14)21(2,3)4)25-20(23)11-7-15-13-16(22)8-10-18(15)24-5/h6-13H,1-5H3/b11-7+. The van der Waals surface area contributed by atoms with E-state index in [4.69, 9.17) is 9.47 Å². The van der Waals surface area contributed by atoms with Crippen molar-refractivity contribution < 1.29 is 14.3 Å². The molecule has 0 radical (unpaired) electrons. The molecule has 0 spiro atoms. The molecule has 0 N–H and O–H groups in total. The van der Waals surface area contributed by atoms with Gasteiger partial charge < -0.3 is 9.47 Å². The summed E-state index contributed by atoms with van der Waals surface area (Å²) >= 11 is 3.42. The molecule has 2 aromatic carbocycles. The van der Waals surface area contributed by atoms with E-state index in [0.717, 1.165) is 21.2 Å². The number of hydrogen-bond donors (Lipinski definition) is 0. The van der Waals surface area contributed by atoms with Crippen molar-refractivity contribution in [2.45, 2.75) is 33.1 Å². The Morgan fingerprint density at radius 1 is 1.08 bits per heavy atom. The first-order chi connectivity index (χ1) is 11.7. The summed E-state index contributed by atoms with van der Waals surface area (Å²) in [4.78, 5) is 12.3. The fourth-order valence-electron chi connectivity index (χ4n) is 2.45. The van der Waals surface area contributed by atoms with Crippen LogP contribution < -0.4 is 9.47 Å². The molecule has 0 atom stereocenters. The molecule has 2 aromatic rings. The zero-order valence-electron chi connectivity index (χ0n) is 15.2. The summed E-state index contributed by atoms with van der Waals surface area (Å²) in [5.41, 5.74) is 2.83. The average Bonchev–Trinajstić information content (AvgIpc) is 2.54. The molecule has 132 valence electrons. The number of methoxy groups -OCH3 is 1. The summed E-state index contributed by atoms with van der Waals surface area (Å²) < 4.78 is 11.8. The van der Waals surface area contributed by atoms with Crippen LogP contribution in [0.5, 0.6) is 11.5 Å². The third kappa shape index (κ3) is 5.20. The summed E-state index contributed by atoms with van der Waals surface area (Å²) in [6, 6.07) is 11.5. The van der Waals surface area contributed by atoms with Gasteiger partial charge in [-0.3, -0.25) is 0 Å². The minimum absolute atomic E-state index is 0.112. The van der Waals surface area contributed by atoms with Gasteiger partial charge in [-0.05, 0) is 42.7 Å². The quantitative estimate of drug-likeness (QED) is 0.374. The lowest BCUT2D eigenvalue weighted by Crippen LogP contribution is -2.15. The van der Waals surface area contributed by atoms with Crippen LogP contribution in [0.4, 0.5) is 0 Å². The number of carbonyl (C=O) groups is 1. The summed E-state index contributed by atoms with van der Waals surface area (Å²) in [5.74, 6) is 0.864. The smallest absolute Gasteiger partial charge is 0.336 e. The van der Waals surface area contributed by atoms with Crippen LogP contribution >= 0.6 is 15.9 Å². The average molecular weight is 403 g/mol. The highest BCUT2D eigenvalue weighted by atomic mass is 79.9. The normalized spacial score (nSPS) is 11.6. The summed E-state index contributed by atoms with van der Waals surface area (Å²) in [6.45, 7) is 8.32. The number of halogens is 1. The van der Waals surface area contributed by atoms with Gasteiger partial charge in [0.25, 0.3) is 0 Å². The van der Waals surface area contributed by atoms with E-state index in [9.17, 15) is 4.79 Å². The number of benzene rings is 2. The topological polar surface area (TPSA) is 35.5 Å². The zero-order valence-corrected chi connectivity index (χ0v) is 16.8. The molecule has 25 heavy (non-hydrogen) atoms. The van der Waals surface area contributed by atoms with E-state index in [1.165, 1.54) is 6.08 Å². The third-order valence-corrected chi connectivity index (χ3v) is 4.24. The highest BCUT2D eigenvalue weighted by Crippen LogP contribution is 2.32. The van der Waals surface area contributed by atoms with Crippen LogP contribution in [0, 0.1) is 6.92 Å². The Kier molecular flexibility index (Phi) is 6.07. The van der Waals surface area contributed by atoms with E-state index in [1.807, 2.05) is 37.3 Å². The number of hydrogen-bond acceptors (Lipinski definition) is 3. The first-order valence-electron chi connectivity index (χ1n) is 8.05. The van der Waals surface area contributed by atoms with Crippen molar-refractivity contribution in [3.63, 3.8) is 0 Å². The Labute approximate surface area is 157 Å². The maximum absolute atomic E-state index is 12.3. The van der Waals surface area contributed by atoms with Gasteiger partial charge in [-0.2, -0.15) is 0 Å². The minimum Gasteiger partial charge on any atom is -0.496 e. The second-order valence-corrected chi connectivity index (χ2v) is 7.81. The lowest BCUT2D eigenvalue weighted by molar-refractivity contribution is -0.128. The predicted octanol–water partition coefficient (Wildman–Crippen LogP) is 5.68. The lowest BCUT2D eigenvalue weighted by atomic mass is 9.85. The van der Waals surface area contributed by atoms with Crippen molar-refractivity contribution in [1.29, 1.82) is 0 Å². The second-order valence-electron chi connectivity index (χ2n) is 6.89. The van der Waals surface area contributed by atoms with Crippen molar-refractivity contribution in [3.8, 4) is 11.5 Å². The highest BCUT2D eigenvalue weighted by Gasteiger charge is 2.20. The molecule has 0 bridgehead atoms. The number of esters is 1. The van der Waals surface area contributed by atoms with Crippen LogP contribution in [0.3, 0.4) is 0 Å². The molecule has 4 heteroatoms. The van der Waals surface area contributed by atoms with Crippen LogP contribution in [-0.4, -0.2) is 13.1 Å². The van der Waals surface area contributed by atoms with Gasteiger partial charge in [0, 0.05) is 21.7 Å². The van der Waals surface area contributed by atoms with Gasteiger partial charge in [-0.15, -0.1) is 0 Å². The van der Waals surface area contributed by atoms with Crippen molar-refractivity contribution in [2.24, 2.45) is 0 Å². The van der Waals surface area contributed by atoms with E-state index in [-0.39, 0.29) is 5.41 Å². The maximum Gasteiger partial charge on any atom is 0.336 e. The van der Waals surface area contributed by atoms with E-state index in [2.05, 4.69) is 42.8 Å². The van der Waals surface area contributed by atoms with Gasteiger partial charge in [0.05, 0.1) is 7.11 Å². The van der Waals surface area contributed by atoms with E-state index >= 15 is 0 Å². The second kappa shape index (κ2) is 7.87. The van der Waals surface area contributed by atoms with Gasteiger partial charge in [-0.25, -0.2) is 4.79 Å². The fraction of sp³-hybridized carbons (Fsp3) is 0.286. The molecule has 0 aliphatic heterocycles. The van der Waals surface area contributed by atoms with Crippen molar-refractivity contribution >= 4 is 28.0 Å². The Morgan fingerprint density at radius 3 is 2.40 bits per heavy atom. The van der Waals surface area contributed by atoms with Crippen LogP contribution in [-0.2, 0) is 10.2 Å². The number of carbonyl (C=O) groups excluding carboxylic acids is 1.